The van der Waals surface area contributed by atoms with Gasteiger partial charge in [-0.2, -0.15) is 0 Å². The number of aliphatic hydroxyl groups is 1. The van der Waals surface area contributed by atoms with Gasteiger partial charge in [0.15, 0.2) is 0 Å². The molecule has 0 saturated carbocycles. The maximum atomic E-state index is 10.1. The molecule has 3 nitrogen and oxygen atoms in total. The van der Waals surface area contributed by atoms with E-state index >= 15 is 0 Å². The zero-order valence-electron chi connectivity index (χ0n) is 12.6. The lowest BCUT2D eigenvalue weighted by molar-refractivity contribution is 0.128. The number of aliphatic hydroxyl groups excluding tert-OH is 1. The topological polar surface area (TPSA) is 49.5 Å². The smallest absolute Gasteiger partial charge is 0.0733 e. The Labute approximate surface area is 133 Å². The molecule has 0 fully saturated rings. The van der Waals surface area contributed by atoms with Gasteiger partial charge in [0, 0.05) is 24.8 Å². The van der Waals surface area contributed by atoms with E-state index in [1.165, 1.54) is 0 Å². The summed E-state index contributed by atoms with van der Waals surface area (Å²) in [5.41, 5.74) is 7.94. The molecule has 2 atom stereocenters. The summed E-state index contributed by atoms with van der Waals surface area (Å²) < 4.78 is 0. The molecule has 1 rings (SSSR count). The van der Waals surface area contributed by atoms with Crippen molar-refractivity contribution in [2.45, 2.75) is 38.8 Å². The van der Waals surface area contributed by atoms with E-state index in [2.05, 4.69) is 13.8 Å². The molecule has 0 unspecified atom stereocenters. The van der Waals surface area contributed by atoms with Crippen LogP contribution in [0.1, 0.15) is 38.3 Å². The minimum absolute atomic E-state index is 0. The van der Waals surface area contributed by atoms with Gasteiger partial charge in [0.2, 0.25) is 0 Å². The molecule has 20 heavy (non-hydrogen) atoms. The summed E-state index contributed by atoms with van der Waals surface area (Å²) >= 11 is 6.26. The molecule has 1 aromatic carbocycles. The van der Waals surface area contributed by atoms with Gasteiger partial charge in [0.05, 0.1) is 12.1 Å². The Hall–Kier alpha value is -0.480. The van der Waals surface area contributed by atoms with Crippen LogP contribution in [0.5, 0.6) is 0 Å². The fourth-order valence-electron chi connectivity index (χ4n) is 1.96. The number of benzene rings is 1. The van der Waals surface area contributed by atoms with E-state index in [0.29, 0.717) is 17.4 Å². The SMILES string of the molecule is CC(C)CC[C@@H](O)[C@@H](N)c1ccc(N(C)C)cc1Cl.Cl. The predicted octanol–water partition coefficient (Wildman–Crippen LogP) is 3.62. The molecule has 0 aliphatic heterocycles. The van der Waals surface area contributed by atoms with Crippen LogP contribution in [0, 0.1) is 5.92 Å². The van der Waals surface area contributed by atoms with Crippen molar-refractivity contribution < 1.29 is 5.11 Å². The van der Waals surface area contributed by atoms with E-state index in [1.807, 2.05) is 37.2 Å². The number of nitrogens with zero attached hydrogens (tertiary/aromatic N) is 1. The molecule has 0 aliphatic carbocycles. The van der Waals surface area contributed by atoms with Crippen LogP contribution in [-0.2, 0) is 0 Å². The minimum Gasteiger partial charge on any atom is -0.391 e. The molecule has 5 heteroatoms. The molecule has 1 aromatic rings. The molecule has 0 aliphatic rings. The van der Waals surface area contributed by atoms with Crippen molar-refractivity contribution >= 4 is 29.7 Å². The second kappa shape index (κ2) is 8.73. The van der Waals surface area contributed by atoms with Crippen LogP contribution >= 0.6 is 24.0 Å². The van der Waals surface area contributed by atoms with E-state index in [1.54, 1.807) is 0 Å². The molecule has 0 heterocycles. The maximum Gasteiger partial charge on any atom is 0.0733 e. The van der Waals surface area contributed by atoms with Gasteiger partial charge >= 0.3 is 0 Å². The normalized spacial score (nSPS) is 13.8. The van der Waals surface area contributed by atoms with Crippen LogP contribution in [0.4, 0.5) is 5.69 Å². The number of halogens is 2. The van der Waals surface area contributed by atoms with Gasteiger partial charge < -0.3 is 15.7 Å². The van der Waals surface area contributed by atoms with Crippen molar-refractivity contribution in [3.63, 3.8) is 0 Å². The van der Waals surface area contributed by atoms with Crippen LogP contribution in [0.25, 0.3) is 0 Å². The van der Waals surface area contributed by atoms with Gasteiger partial charge in [-0.25, -0.2) is 0 Å². The van der Waals surface area contributed by atoms with E-state index in [9.17, 15) is 5.11 Å². The molecular formula is C15H26Cl2N2O. The van der Waals surface area contributed by atoms with Crippen LogP contribution in [-0.4, -0.2) is 25.3 Å². The summed E-state index contributed by atoms with van der Waals surface area (Å²) in [7, 11) is 3.92. The summed E-state index contributed by atoms with van der Waals surface area (Å²) in [6, 6.07) is 5.32. The average Bonchev–Trinajstić information content (AvgIpc) is 2.34. The lowest BCUT2D eigenvalue weighted by atomic mass is 9.96. The largest absolute Gasteiger partial charge is 0.391 e. The molecule has 0 spiro atoms. The highest BCUT2D eigenvalue weighted by molar-refractivity contribution is 6.31. The molecule has 0 saturated heterocycles. The van der Waals surface area contributed by atoms with Crippen LogP contribution < -0.4 is 10.6 Å². The van der Waals surface area contributed by atoms with Gasteiger partial charge in [-0.3, -0.25) is 0 Å². The number of rotatable bonds is 6. The Balaban J connectivity index is 0.00000361. The standard InChI is InChI=1S/C15H25ClN2O.ClH/c1-10(2)5-8-14(19)15(17)12-7-6-11(18(3)4)9-13(12)16;/h6-7,9-10,14-15,19H,5,8,17H2,1-4H3;1H/t14-,15+;/m1./s1. The van der Waals surface area contributed by atoms with Crippen molar-refractivity contribution in [2.75, 3.05) is 19.0 Å². The summed E-state index contributed by atoms with van der Waals surface area (Å²) in [5.74, 6) is 0.563. The second-order valence-corrected chi connectivity index (χ2v) is 6.07. The average molecular weight is 321 g/mol. The summed E-state index contributed by atoms with van der Waals surface area (Å²) in [6.07, 6.45) is 1.11. The van der Waals surface area contributed by atoms with Crippen molar-refractivity contribution in [3.8, 4) is 0 Å². The van der Waals surface area contributed by atoms with Gasteiger partial charge in [-0.1, -0.05) is 31.5 Å². The zero-order chi connectivity index (χ0) is 14.6. The third-order valence-corrected chi connectivity index (χ3v) is 3.64. The molecular weight excluding hydrogens is 295 g/mol. The molecule has 3 N–H and O–H groups in total. The number of nitrogens with two attached hydrogens (primary N) is 1. The Morgan fingerprint density at radius 1 is 1.25 bits per heavy atom. The third-order valence-electron chi connectivity index (χ3n) is 3.31. The van der Waals surface area contributed by atoms with E-state index < -0.39 is 12.1 Å². The zero-order valence-corrected chi connectivity index (χ0v) is 14.2. The monoisotopic (exact) mass is 320 g/mol. The van der Waals surface area contributed by atoms with Gasteiger partial charge in [0.25, 0.3) is 0 Å². The lowest BCUT2D eigenvalue weighted by Crippen LogP contribution is -2.27. The first-order valence-electron chi connectivity index (χ1n) is 6.73. The summed E-state index contributed by atoms with van der Waals surface area (Å²) in [4.78, 5) is 1.98. The molecule has 0 amide bonds. The highest BCUT2D eigenvalue weighted by Gasteiger charge is 2.19. The summed E-state index contributed by atoms with van der Waals surface area (Å²) in [5, 5.41) is 10.7. The molecule has 0 radical (unpaired) electrons. The van der Waals surface area contributed by atoms with Crippen LogP contribution in [0.3, 0.4) is 0 Å². The van der Waals surface area contributed by atoms with Crippen molar-refractivity contribution in [1.29, 1.82) is 0 Å². The van der Waals surface area contributed by atoms with Crippen LogP contribution in [0.15, 0.2) is 18.2 Å². The van der Waals surface area contributed by atoms with Gasteiger partial charge in [-0.15, -0.1) is 12.4 Å². The Bertz CT molecular complexity index is 411. The van der Waals surface area contributed by atoms with Crippen LogP contribution in [0.2, 0.25) is 5.02 Å². The maximum absolute atomic E-state index is 10.1. The summed E-state index contributed by atoms with van der Waals surface area (Å²) in [6.45, 7) is 4.27. The quantitative estimate of drug-likeness (QED) is 0.841. The fraction of sp³-hybridized carbons (Fsp3) is 0.600. The minimum atomic E-state index is -0.551. The number of hydrogen-bond donors (Lipinski definition) is 2. The first-order chi connectivity index (χ1) is 8.82. The van der Waals surface area contributed by atoms with Crippen molar-refractivity contribution in [2.24, 2.45) is 11.7 Å². The van der Waals surface area contributed by atoms with Gasteiger partial charge in [-0.05, 0) is 36.5 Å². The van der Waals surface area contributed by atoms with Crippen molar-refractivity contribution in [3.05, 3.63) is 28.8 Å². The second-order valence-electron chi connectivity index (χ2n) is 5.66. The highest BCUT2D eigenvalue weighted by Crippen LogP contribution is 2.29. The molecule has 116 valence electrons. The van der Waals surface area contributed by atoms with Crippen molar-refractivity contribution in [1.82, 2.24) is 0 Å². The lowest BCUT2D eigenvalue weighted by Gasteiger charge is -2.22. The Kier molecular flexibility index (Phi) is 8.52. The molecule has 0 aromatic heterocycles. The first-order valence-corrected chi connectivity index (χ1v) is 7.11. The predicted molar refractivity (Wildman–Crippen MR) is 90.0 cm³/mol. The van der Waals surface area contributed by atoms with Gasteiger partial charge in [0.1, 0.15) is 0 Å². The Morgan fingerprint density at radius 2 is 1.85 bits per heavy atom. The first kappa shape index (κ1) is 19.5. The highest BCUT2D eigenvalue weighted by atomic mass is 35.5. The van der Waals surface area contributed by atoms with E-state index in [4.69, 9.17) is 17.3 Å². The van der Waals surface area contributed by atoms with E-state index in [-0.39, 0.29) is 12.4 Å². The third kappa shape index (κ3) is 5.49. The number of hydrogen-bond acceptors (Lipinski definition) is 3. The number of anilines is 1. The van der Waals surface area contributed by atoms with E-state index in [0.717, 1.165) is 17.7 Å². The Morgan fingerprint density at radius 3 is 2.30 bits per heavy atom. The fourth-order valence-corrected chi connectivity index (χ4v) is 2.26. The molecule has 0 bridgehead atoms.